The van der Waals surface area contributed by atoms with Gasteiger partial charge < -0.3 is 9.47 Å². The summed E-state index contributed by atoms with van der Waals surface area (Å²) >= 11 is 0. The third-order valence-corrected chi connectivity index (χ3v) is 5.76. The minimum atomic E-state index is -1.48. The molecule has 0 spiro atoms. The van der Waals surface area contributed by atoms with Crippen molar-refractivity contribution < 1.29 is 27.0 Å². The molecule has 0 bridgehead atoms. The number of ether oxygens (including phenoxy) is 2. The van der Waals surface area contributed by atoms with E-state index in [2.05, 4.69) is 0 Å². The quantitative estimate of drug-likeness (QED) is 0.361. The van der Waals surface area contributed by atoms with Crippen LogP contribution in [0.4, 0.5) is 17.6 Å². The second-order valence-electron chi connectivity index (χ2n) is 7.52. The first-order valence-corrected chi connectivity index (χ1v) is 9.52. The van der Waals surface area contributed by atoms with Crippen molar-refractivity contribution in [3.05, 3.63) is 35.1 Å². The molecule has 1 aliphatic carbocycles. The fraction of sp³-hybridized carbons (Fsp3) is 0.700. The Balaban J connectivity index is 1.46. The highest BCUT2D eigenvalue weighted by molar-refractivity contribution is 5.20. The van der Waals surface area contributed by atoms with Gasteiger partial charge in [-0.2, -0.15) is 0 Å². The molecule has 0 aromatic heterocycles. The smallest absolute Gasteiger partial charge is 0.194 e. The Morgan fingerprint density at radius 2 is 1.46 bits per heavy atom. The van der Waals surface area contributed by atoms with Crippen molar-refractivity contribution in [3.63, 3.8) is 0 Å². The van der Waals surface area contributed by atoms with Gasteiger partial charge in [-0.05, 0) is 43.2 Å². The van der Waals surface area contributed by atoms with Gasteiger partial charge in [-0.1, -0.05) is 25.7 Å². The third-order valence-electron chi connectivity index (χ3n) is 5.76. The molecule has 2 nitrogen and oxygen atoms in total. The fourth-order valence-electron chi connectivity index (χ4n) is 4.17. The number of hydrogen-bond donors (Lipinski definition) is 0. The van der Waals surface area contributed by atoms with Crippen molar-refractivity contribution in [2.24, 2.45) is 17.8 Å². The Morgan fingerprint density at radius 1 is 0.846 bits per heavy atom. The first-order valence-electron chi connectivity index (χ1n) is 9.52. The molecule has 3 rings (SSSR count). The molecule has 146 valence electrons. The van der Waals surface area contributed by atoms with Crippen LogP contribution >= 0.6 is 0 Å². The van der Waals surface area contributed by atoms with Crippen LogP contribution in [0.2, 0.25) is 0 Å². The SMILES string of the molecule is FCCCCC1CCC(C2COC(c3cc(F)c(F)c(F)c3)OC2)CC1. The van der Waals surface area contributed by atoms with Crippen molar-refractivity contribution in [3.8, 4) is 0 Å². The molecule has 1 aromatic rings. The van der Waals surface area contributed by atoms with Crippen LogP contribution in [0.5, 0.6) is 0 Å². The number of hydrogen-bond acceptors (Lipinski definition) is 2. The zero-order chi connectivity index (χ0) is 18.5. The lowest BCUT2D eigenvalue weighted by Gasteiger charge is -2.38. The number of unbranched alkanes of at least 4 members (excludes halogenated alkanes) is 1. The summed E-state index contributed by atoms with van der Waals surface area (Å²) in [4.78, 5) is 0. The Morgan fingerprint density at radius 3 is 2.04 bits per heavy atom. The average molecular weight is 374 g/mol. The lowest BCUT2D eigenvalue weighted by molar-refractivity contribution is -0.215. The molecule has 0 radical (unpaired) electrons. The van der Waals surface area contributed by atoms with Crippen LogP contribution in [0, 0.1) is 35.2 Å². The second kappa shape index (κ2) is 9.18. The van der Waals surface area contributed by atoms with Gasteiger partial charge in [0.2, 0.25) is 0 Å². The van der Waals surface area contributed by atoms with Gasteiger partial charge in [0.05, 0.1) is 19.9 Å². The van der Waals surface area contributed by atoms with E-state index >= 15 is 0 Å². The zero-order valence-corrected chi connectivity index (χ0v) is 14.9. The van der Waals surface area contributed by atoms with E-state index in [1.807, 2.05) is 0 Å². The zero-order valence-electron chi connectivity index (χ0n) is 14.9. The van der Waals surface area contributed by atoms with Gasteiger partial charge in [0.15, 0.2) is 23.7 Å². The van der Waals surface area contributed by atoms with Crippen LogP contribution in [0.15, 0.2) is 12.1 Å². The minimum absolute atomic E-state index is 0.163. The van der Waals surface area contributed by atoms with Gasteiger partial charge in [-0.25, -0.2) is 13.2 Å². The van der Waals surface area contributed by atoms with Crippen LogP contribution in [-0.4, -0.2) is 19.9 Å². The molecule has 26 heavy (non-hydrogen) atoms. The molecule has 1 heterocycles. The van der Waals surface area contributed by atoms with Crippen molar-refractivity contribution in [1.29, 1.82) is 0 Å². The van der Waals surface area contributed by atoms with E-state index in [-0.39, 0.29) is 18.2 Å². The highest BCUT2D eigenvalue weighted by atomic mass is 19.2. The van der Waals surface area contributed by atoms with Gasteiger partial charge in [0.25, 0.3) is 0 Å². The molecular formula is C20H26F4O2. The predicted molar refractivity (Wildman–Crippen MR) is 89.7 cm³/mol. The van der Waals surface area contributed by atoms with E-state index in [9.17, 15) is 17.6 Å². The van der Waals surface area contributed by atoms with Crippen LogP contribution in [0.25, 0.3) is 0 Å². The Bertz CT molecular complexity index is 556. The molecule has 0 atom stereocenters. The second-order valence-corrected chi connectivity index (χ2v) is 7.52. The third kappa shape index (κ3) is 4.77. The maximum absolute atomic E-state index is 13.4. The molecule has 1 aromatic carbocycles. The summed E-state index contributed by atoms with van der Waals surface area (Å²) in [5.74, 6) is -2.46. The summed E-state index contributed by atoms with van der Waals surface area (Å²) in [5, 5.41) is 0. The van der Waals surface area contributed by atoms with Gasteiger partial charge in [0.1, 0.15) is 0 Å². The lowest BCUT2D eigenvalue weighted by atomic mass is 9.74. The van der Waals surface area contributed by atoms with E-state index in [1.165, 1.54) is 0 Å². The maximum Gasteiger partial charge on any atom is 0.194 e. The largest absolute Gasteiger partial charge is 0.348 e. The van der Waals surface area contributed by atoms with Crippen LogP contribution < -0.4 is 0 Å². The highest BCUT2D eigenvalue weighted by Gasteiger charge is 2.32. The van der Waals surface area contributed by atoms with Crippen LogP contribution in [-0.2, 0) is 9.47 Å². The normalized spacial score (nSPS) is 29.7. The van der Waals surface area contributed by atoms with Crippen molar-refractivity contribution in [2.75, 3.05) is 19.9 Å². The molecule has 0 unspecified atom stereocenters. The molecule has 1 saturated carbocycles. The maximum atomic E-state index is 13.4. The van der Waals surface area contributed by atoms with E-state index in [4.69, 9.17) is 9.47 Å². The Labute approximate surface area is 151 Å². The first-order chi connectivity index (χ1) is 12.6. The van der Waals surface area contributed by atoms with Gasteiger partial charge in [-0.3, -0.25) is 4.39 Å². The number of halogens is 4. The molecular weight excluding hydrogens is 348 g/mol. The molecule has 2 aliphatic rings. The molecule has 6 heteroatoms. The average Bonchev–Trinajstić information content (AvgIpc) is 2.67. The molecule has 0 amide bonds. The Hall–Kier alpha value is -1.14. The van der Waals surface area contributed by atoms with E-state index in [0.717, 1.165) is 50.7 Å². The summed E-state index contributed by atoms with van der Waals surface area (Å²) in [6.07, 6.45) is 6.43. The molecule has 1 saturated heterocycles. The summed E-state index contributed by atoms with van der Waals surface area (Å²) in [5.41, 5.74) is 0.163. The number of rotatable bonds is 6. The van der Waals surface area contributed by atoms with Crippen molar-refractivity contribution in [2.45, 2.75) is 51.2 Å². The van der Waals surface area contributed by atoms with Gasteiger partial charge >= 0.3 is 0 Å². The molecule has 0 N–H and O–H groups in total. The Kier molecular flexibility index (Phi) is 6.92. The summed E-state index contributed by atoms with van der Waals surface area (Å²) in [7, 11) is 0. The summed E-state index contributed by atoms with van der Waals surface area (Å²) in [6, 6.07) is 1.85. The summed E-state index contributed by atoms with van der Waals surface area (Å²) in [6.45, 7) is 0.722. The summed E-state index contributed by atoms with van der Waals surface area (Å²) < 4.78 is 63.3. The van der Waals surface area contributed by atoms with Gasteiger partial charge in [0, 0.05) is 11.5 Å². The predicted octanol–water partition coefficient (Wildman–Crippen LogP) is 5.71. The molecule has 2 fully saturated rings. The van der Waals surface area contributed by atoms with E-state index < -0.39 is 23.7 Å². The van der Waals surface area contributed by atoms with Crippen LogP contribution in [0.3, 0.4) is 0 Å². The molecule has 1 aliphatic heterocycles. The monoisotopic (exact) mass is 374 g/mol. The fourth-order valence-corrected chi connectivity index (χ4v) is 4.17. The van der Waals surface area contributed by atoms with Crippen molar-refractivity contribution >= 4 is 0 Å². The number of benzene rings is 1. The topological polar surface area (TPSA) is 18.5 Å². The standard InChI is InChI=1S/C20H26F4O2/c21-8-2-1-3-13-4-6-14(7-5-13)16-11-25-20(26-12-16)15-9-17(22)19(24)18(23)10-15/h9-10,13-14,16,20H,1-8,11-12H2. The number of alkyl halides is 1. The van der Waals surface area contributed by atoms with Crippen molar-refractivity contribution in [1.82, 2.24) is 0 Å². The van der Waals surface area contributed by atoms with E-state index in [1.54, 1.807) is 0 Å². The lowest BCUT2D eigenvalue weighted by Crippen LogP contribution is -2.34. The van der Waals surface area contributed by atoms with Gasteiger partial charge in [-0.15, -0.1) is 0 Å². The highest BCUT2D eigenvalue weighted by Crippen LogP contribution is 2.38. The first kappa shape index (κ1) is 19.6. The van der Waals surface area contributed by atoms with E-state index in [0.29, 0.717) is 31.5 Å². The van der Waals surface area contributed by atoms with Crippen LogP contribution in [0.1, 0.15) is 56.8 Å². The minimum Gasteiger partial charge on any atom is -0.348 e.